The van der Waals surface area contributed by atoms with Gasteiger partial charge in [-0.2, -0.15) is 22.7 Å². The highest BCUT2D eigenvalue weighted by Crippen LogP contribution is 2.34. The third-order valence-electron chi connectivity index (χ3n) is 3.92. The molecular formula is C18H10F7N3O. The summed E-state index contributed by atoms with van der Waals surface area (Å²) in [6.45, 7) is 0. The van der Waals surface area contributed by atoms with Gasteiger partial charge in [0, 0.05) is 18.7 Å². The van der Waals surface area contributed by atoms with E-state index >= 15 is 0 Å². The lowest BCUT2D eigenvalue weighted by Gasteiger charge is -2.13. The van der Waals surface area contributed by atoms with Crippen LogP contribution in [0.25, 0.3) is 11.1 Å². The summed E-state index contributed by atoms with van der Waals surface area (Å²) in [7, 11) is 0.858. The van der Waals surface area contributed by atoms with Crippen LogP contribution in [0.4, 0.5) is 36.4 Å². The number of hydrogen-bond donors (Lipinski definition) is 1. The summed E-state index contributed by atoms with van der Waals surface area (Å²) in [5, 5.41) is 4.86. The van der Waals surface area contributed by atoms with Crippen molar-refractivity contribution >= 4 is 11.6 Å². The molecule has 0 fully saturated rings. The molecule has 4 nitrogen and oxygen atoms in total. The average molecular weight is 417 g/mol. The molecule has 1 amide bonds. The first-order chi connectivity index (χ1) is 13.5. The fourth-order valence-corrected chi connectivity index (χ4v) is 2.63. The second kappa shape index (κ2) is 7.22. The fraction of sp³-hybridized carbons (Fsp3) is 0.111. The lowest BCUT2D eigenvalue weighted by Crippen LogP contribution is -2.19. The van der Waals surface area contributed by atoms with Crippen LogP contribution in [0.15, 0.2) is 36.4 Å². The van der Waals surface area contributed by atoms with E-state index in [1.165, 1.54) is 12.1 Å². The molecule has 3 rings (SSSR count). The van der Waals surface area contributed by atoms with E-state index in [4.69, 9.17) is 0 Å². The van der Waals surface area contributed by atoms with Crippen LogP contribution in [-0.4, -0.2) is 15.7 Å². The third kappa shape index (κ3) is 3.93. The number of aryl methyl sites for hydroxylation is 1. The number of carbonyl (C=O) groups is 1. The maximum absolute atomic E-state index is 14.1. The number of amides is 1. The maximum Gasteiger partial charge on any atom is 0.436 e. The molecule has 0 saturated carbocycles. The predicted octanol–water partition coefficient (Wildman–Crippen LogP) is 4.91. The molecule has 1 heterocycles. The van der Waals surface area contributed by atoms with E-state index in [-0.39, 0.29) is 15.8 Å². The van der Waals surface area contributed by atoms with Gasteiger partial charge in [0.1, 0.15) is 11.4 Å². The van der Waals surface area contributed by atoms with Crippen LogP contribution in [0.1, 0.15) is 16.1 Å². The van der Waals surface area contributed by atoms with Gasteiger partial charge < -0.3 is 5.32 Å². The molecule has 0 unspecified atom stereocenters. The predicted molar refractivity (Wildman–Crippen MR) is 87.9 cm³/mol. The van der Waals surface area contributed by atoms with Crippen LogP contribution in [0.5, 0.6) is 0 Å². The van der Waals surface area contributed by atoms with Crippen molar-refractivity contribution in [3.05, 3.63) is 71.1 Å². The number of aromatic nitrogens is 2. The van der Waals surface area contributed by atoms with Crippen molar-refractivity contribution in [3.8, 4) is 11.1 Å². The summed E-state index contributed by atoms with van der Waals surface area (Å²) in [5.41, 5.74) is -3.92. The molecule has 29 heavy (non-hydrogen) atoms. The molecule has 0 aliphatic carbocycles. The number of halogens is 7. The van der Waals surface area contributed by atoms with Gasteiger partial charge in [-0.15, -0.1) is 0 Å². The van der Waals surface area contributed by atoms with E-state index in [1.807, 2.05) is 5.32 Å². The van der Waals surface area contributed by atoms with Crippen molar-refractivity contribution in [1.82, 2.24) is 9.78 Å². The summed E-state index contributed by atoms with van der Waals surface area (Å²) < 4.78 is 94.4. The zero-order chi connectivity index (χ0) is 21.5. The highest BCUT2D eigenvalue weighted by atomic mass is 19.4. The van der Waals surface area contributed by atoms with Gasteiger partial charge in [-0.1, -0.05) is 12.1 Å². The zero-order valence-electron chi connectivity index (χ0n) is 14.4. The van der Waals surface area contributed by atoms with Gasteiger partial charge in [-0.3, -0.25) is 4.79 Å². The third-order valence-corrected chi connectivity index (χ3v) is 3.92. The monoisotopic (exact) mass is 417 g/mol. The Hall–Kier alpha value is -3.37. The Morgan fingerprint density at radius 2 is 1.69 bits per heavy atom. The Bertz CT molecular complexity index is 1110. The van der Waals surface area contributed by atoms with E-state index in [0.29, 0.717) is 12.1 Å². The number of anilines is 1. The summed E-state index contributed by atoms with van der Waals surface area (Å²) in [5.74, 6) is -6.67. The maximum atomic E-state index is 14.1. The molecule has 152 valence electrons. The number of carbonyl (C=O) groups excluding carboxylic acids is 1. The minimum Gasteiger partial charge on any atom is -0.321 e. The normalized spacial score (nSPS) is 11.6. The number of hydrogen-bond acceptors (Lipinski definition) is 2. The first kappa shape index (κ1) is 20.4. The quantitative estimate of drug-likeness (QED) is 0.616. The lowest BCUT2D eigenvalue weighted by atomic mass is 10.0. The van der Waals surface area contributed by atoms with E-state index < -0.39 is 52.4 Å². The molecule has 0 spiro atoms. The van der Waals surface area contributed by atoms with Crippen LogP contribution >= 0.6 is 0 Å². The summed E-state index contributed by atoms with van der Waals surface area (Å²) in [6.07, 6.45) is -5.14. The van der Waals surface area contributed by atoms with Crippen molar-refractivity contribution in [2.75, 3.05) is 5.32 Å². The lowest BCUT2D eigenvalue weighted by molar-refractivity contribution is -0.141. The Balaban J connectivity index is 2.10. The van der Waals surface area contributed by atoms with Crippen molar-refractivity contribution in [2.24, 2.45) is 7.05 Å². The Kier molecular flexibility index (Phi) is 5.07. The number of rotatable bonds is 3. The van der Waals surface area contributed by atoms with Crippen molar-refractivity contribution in [1.29, 1.82) is 0 Å². The molecular weight excluding hydrogens is 407 g/mol. The van der Waals surface area contributed by atoms with Gasteiger partial charge in [0.05, 0.1) is 5.69 Å². The molecule has 3 aromatic rings. The number of benzene rings is 2. The molecule has 0 aliphatic heterocycles. The molecule has 0 bridgehead atoms. The van der Waals surface area contributed by atoms with Crippen molar-refractivity contribution in [3.63, 3.8) is 0 Å². The molecule has 1 N–H and O–H groups in total. The average Bonchev–Trinajstić information content (AvgIpc) is 2.93. The minimum atomic E-state index is -5.14. The second-order valence-corrected chi connectivity index (χ2v) is 5.91. The van der Waals surface area contributed by atoms with Gasteiger partial charge in [0.15, 0.2) is 17.3 Å². The van der Waals surface area contributed by atoms with Crippen LogP contribution < -0.4 is 5.32 Å². The summed E-state index contributed by atoms with van der Waals surface area (Å²) in [4.78, 5) is 12.4. The Morgan fingerprint density at radius 1 is 1.03 bits per heavy atom. The first-order valence-electron chi connectivity index (χ1n) is 7.85. The zero-order valence-corrected chi connectivity index (χ0v) is 14.4. The van der Waals surface area contributed by atoms with Crippen LogP contribution in [-0.2, 0) is 13.2 Å². The van der Waals surface area contributed by atoms with E-state index in [2.05, 4.69) is 5.10 Å². The fourth-order valence-electron chi connectivity index (χ4n) is 2.63. The Morgan fingerprint density at radius 3 is 2.31 bits per heavy atom. The minimum absolute atomic E-state index is 0.00176. The van der Waals surface area contributed by atoms with Gasteiger partial charge >= 0.3 is 6.18 Å². The summed E-state index contributed by atoms with van der Waals surface area (Å²) >= 11 is 0. The highest BCUT2D eigenvalue weighted by Gasteiger charge is 2.41. The Labute approximate surface area is 158 Å². The van der Waals surface area contributed by atoms with Gasteiger partial charge in [-0.25, -0.2) is 17.9 Å². The van der Waals surface area contributed by atoms with Crippen molar-refractivity contribution in [2.45, 2.75) is 6.18 Å². The first-order valence-corrected chi connectivity index (χ1v) is 7.85. The van der Waals surface area contributed by atoms with Crippen molar-refractivity contribution < 1.29 is 35.5 Å². The molecule has 0 atom stereocenters. The van der Waals surface area contributed by atoms with Gasteiger partial charge in [0.25, 0.3) is 5.91 Å². The molecule has 1 aromatic heterocycles. The van der Waals surface area contributed by atoms with Crippen LogP contribution in [0.3, 0.4) is 0 Å². The second-order valence-electron chi connectivity index (χ2n) is 5.91. The van der Waals surface area contributed by atoms with Gasteiger partial charge in [-0.05, 0) is 23.8 Å². The molecule has 2 aromatic carbocycles. The largest absolute Gasteiger partial charge is 0.436 e. The highest BCUT2D eigenvalue weighted by molar-refractivity contribution is 6.07. The molecule has 0 aliphatic rings. The van der Waals surface area contributed by atoms with E-state index in [9.17, 15) is 35.5 Å². The van der Waals surface area contributed by atoms with E-state index in [0.717, 1.165) is 19.2 Å². The number of alkyl halides is 3. The van der Waals surface area contributed by atoms with E-state index in [1.54, 1.807) is 0 Å². The number of nitrogens with zero attached hydrogens (tertiary/aromatic N) is 2. The SMILES string of the molecule is Cn1nc(C(F)(F)F)c(C(=O)Nc2cc(F)c(F)cc2-c2cccc(F)c2)c1F. The number of nitrogens with one attached hydrogen (secondary N) is 1. The molecule has 0 radical (unpaired) electrons. The summed E-state index contributed by atoms with van der Waals surface area (Å²) in [6, 6.07) is 5.69. The van der Waals surface area contributed by atoms with Crippen LogP contribution in [0, 0.1) is 23.4 Å². The smallest absolute Gasteiger partial charge is 0.321 e. The van der Waals surface area contributed by atoms with Crippen LogP contribution in [0.2, 0.25) is 0 Å². The topological polar surface area (TPSA) is 46.9 Å². The molecule has 11 heteroatoms. The molecule has 0 saturated heterocycles. The standard InChI is InChI=1S/C18H10F7N3O/c1-28-16(22)14(15(27-28)18(23,24)25)17(29)26-13-7-12(21)11(20)6-10(13)8-3-2-4-9(19)5-8/h2-7H,1H3,(H,26,29). The van der Waals surface area contributed by atoms with Gasteiger partial charge in [0.2, 0.25) is 5.95 Å².